The van der Waals surface area contributed by atoms with E-state index in [-0.39, 0.29) is 0 Å². The van der Waals surface area contributed by atoms with Gasteiger partial charge in [-0.25, -0.2) is 4.98 Å². The largest absolute Gasteiger partial charge is 0.357 e. The molecule has 1 aromatic rings. The molecule has 0 aliphatic carbocycles. The van der Waals surface area contributed by atoms with Crippen LogP contribution in [0.3, 0.4) is 0 Å². The van der Waals surface area contributed by atoms with Crippen LogP contribution in [0.5, 0.6) is 0 Å². The lowest BCUT2D eigenvalue weighted by molar-refractivity contribution is 0.455. The minimum Gasteiger partial charge on any atom is -0.357 e. The first-order valence-electron chi connectivity index (χ1n) is 10.0. The number of thiazole rings is 1. The van der Waals surface area contributed by atoms with Crippen molar-refractivity contribution in [2.24, 2.45) is 4.99 Å². The van der Waals surface area contributed by atoms with Crippen molar-refractivity contribution in [3.8, 4) is 0 Å². The lowest BCUT2D eigenvalue weighted by atomic mass is 10.2. The maximum absolute atomic E-state index is 4.80. The Balaban J connectivity index is 1.77. The number of rotatable bonds is 11. The molecule has 0 saturated carbocycles. The van der Waals surface area contributed by atoms with Crippen LogP contribution in [-0.4, -0.2) is 55.6 Å². The summed E-state index contributed by atoms with van der Waals surface area (Å²) in [4.78, 5) is 14.2. The molecule has 0 radical (unpaired) electrons. The average molecular weight is 378 g/mol. The van der Waals surface area contributed by atoms with Gasteiger partial charge in [0.15, 0.2) is 11.1 Å². The van der Waals surface area contributed by atoms with E-state index < -0.39 is 0 Å². The Morgan fingerprint density at radius 3 is 2.92 bits per heavy atom. The van der Waals surface area contributed by atoms with E-state index in [1.165, 1.54) is 42.9 Å². The van der Waals surface area contributed by atoms with Gasteiger partial charge in [-0.1, -0.05) is 12.5 Å². The van der Waals surface area contributed by atoms with Gasteiger partial charge in [0, 0.05) is 51.6 Å². The Bertz CT molecular complexity index is 548. The van der Waals surface area contributed by atoms with Crippen molar-refractivity contribution < 1.29 is 0 Å². The predicted octanol–water partition coefficient (Wildman–Crippen LogP) is 3.93. The highest BCUT2D eigenvalue weighted by molar-refractivity contribution is 7.13. The average Bonchev–Trinajstić information content (AvgIpc) is 3.32. The summed E-state index contributed by atoms with van der Waals surface area (Å²) in [6.07, 6.45) is 10.3. The Morgan fingerprint density at radius 1 is 1.38 bits per heavy atom. The molecule has 1 aliphatic heterocycles. The van der Waals surface area contributed by atoms with Crippen LogP contribution in [0.15, 0.2) is 23.0 Å². The Kier molecular flexibility index (Phi) is 9.53. The van der Waals surface area contributed by atoms with Gasteiger partial charge in [0.25, 0.3) is 0 Å². The zero-order valence-electron chi connectivity index (χ0n) is 16.5. The van der Waals surface area contributed by atoms with Crippen molar-refractivity contribution in [3.63, 3.8) is 0 Å². The molecule has 1 fully saturated rings. The molecule has 1 aliphatic rings. The number of hydrogen-bond acceptors (Lipinski definition) is 4. The molecule has 0 amide bonds. The van der Waals surface area contributed by atoms with Gasteiger partial charge in [0.1, 0.15) is 0 Å². The lowest BCUT2D eigenvalue weighted by Crippen LogP contribution is -2.39. The standard InChI is InChI=1S/C20H35N5S/c1-4-6-7-8-9-14-24(3)19(21-5-2)22-13-12-18-17-26-20(23-18)25-15-10-11-16-25/h4,17H,1,5-16H2,2-3H3,(H,21,22). The summed E-state index contributed by atoms with van der Waals surface area (Å²) >= 11 is 1.77. The molecule has 26 heavy (non-hydrogen) atoms. The van der Waals surface area contributed by atoms with E-state index in [4.69, 9.17) is 9.98 Å². The third-order valence-electron chi connectivity index (χ3n) is 4.64. The predicted molar refractivity (Wildman–Crippen MR) is 115 cm³/mol. The Labute approximate surface area is 163 Å². The number of anilines is 1. The Hall–Kier alpha value is -1.56. The van der Waals surface area contributed by atoms with Crippen LogP contribution in [0.25, 0.3) is 0 Å². The minimum atomic E-state index is 0.784. The summed E-state index contributed by atoms with van der Waals surface area (Å²) in [6.45, 7) is 10.9. The van der Waals surface area contributed by atoms with Gasteiger partial charge in [-0.3, -0.25) is 4.99 Å². The van der Waals surface area contributed by atoms with Gasteiger partial charge in [-0.2, -0.15) is 0 Å². The van der Waals surface area contributed by atoms with E-state index in [0.717, 1.165) is 51.5 Å². The van der Waals surface area contributed by atoms with Crippen molar-refractivity contribution >= 4 is 22.4 Å². The summed E-state index contributed by atoms with van der Waals surface area (Å²) in [7, 11) is 2.13. The van der Waals surface area contributed by atoms with E-state index in [0.29, 0.717) is 0 Å². The highest BCUT2D eigenvalue weighted by atomic mass is 32.1. The number of allylic oxidation sites excluding steroid dienone is 1. The zero-order valence-corrected chi connectivity index (χ0v) is 17.4. The second kappa shape index (κ2) is 11.9. The molecule has 5 nitrogen and oxygen atoms in total. The fraction of sp³-hybridized carbons (Fsp3) is 0.700. The molecule has 1 saturated heterocycles. The van der Waals surface area contributed by atoms with E-state index in [9.17, 15) is 0 Å². The highest BCUT2D eigenvalue weighted by Gasteiger charge is 2.15. The normalized spacial score (nSPS) is 14.7. The van der Waals surface area contributed by atoms with Gasteiger partial charge in [0.05, 0.1) is 5.69 Å². The molecule has 0 atom stereocenters. The second-order valence-electron chi connectivity index (χ2n) is 6.86. The van der Waals surface area contributed by atoms with Gasteiger partial charge in [-0.05, 0) is 39.0 Å². The third kappa shape index (κ3) is 6.98. The van der Waals surface area contributed by atoms with E-state index in [1.807, 2.05) is 6.08 Å². The van der Waals surface area contributed by atoms with Crippen LogP contribution in [0, 0.1) is 0 Å². The molecular formula is C20H35N5S. The van der Waals surface area contributed by atoms with Crippen LogP contribution in [-0.2, 0) is 6.42 Å². The topological polar surface area (TPSA) is 43.8 Å². The zero-order chi connectivity index (χ0) is 18.6. The van der Waals surface area contributed by atoms with Crippen LogP contribution in [0.4, 0.5) is 5.13 Å². The first-order valence-corrected chi connectivity index (χ1v) is 10.9. The van der Waals surface area contributed by atoms with Crippen LogP contribution in [0.2, 0.25) is 0 Å². The number of aromatic nitrogens is 1. The molecule has 0 spiro atoms. The van der Waals surface area contributed by atoms with Crippen molar-refractivity contribution in [2.45, 2.75) is 51.9 Å². The smallest absolute Gasteiger partial charge is 0.193 e. The molecule has 1 N–H and O–H groups in total. The lowest BCUT2D eigenvalue weighted by Gasteiger charge is -2.22. The summed E-state index contributed by atoms with van der Waals surface area (Å²) in [5, 5.41) is 6.78. The molecule has 2 rings (SSSR count). The first-order chi connectivity index (χ1) is 12.7. The molecule has 6 heteroatoms. The SMILES string of the molecule is C=CCCCCCN(C)C(=NCCc1csc(N2CCCC2)n1)NCC. The maximum atomic E-state index is 4.80. The number of nitrogens with one attached hydrogen (secondary N) is 1. The molecule has 0 unspecified atom stereocenters. The molecule has 146 valence electrons. The van der Waals surface area contributed by atoms with Crippen LogP contribution >= 0.6 is 11.3 Å². The number of guanidine groups is 1. The number of nitrogens with zero attached hydrogens (tertiary/aromatic N) is 4. The monoisotopic (exact) mass is 377 g/mol. The maximum Gasteiger partial charge on any atom is 0.193 e. The van der Waals surface area contributed by atoms with E-state index >= 15 is 0 Å². The summed E-state index contributed by atoms with van der Waals surface area (Å²) in [5.41, 5.74) is 1.17. The van der Waals surface area contributed by atoms with Crippen molar-refractivity contribution in [3.05, 3.63) is 23.7 Å². The fourth-order valence-electron chi connectivity index (χ4n) is 3.13. The Morgan fingerprint density at radius 2 is 2.19 bits per heavy atom. The summed E-state index contributed by atoms with van der Waals surface area (Å²) < 4.78 is 0. The molecule has 0 aromatic carbocycles. The van der Waals surface area contributed by atoms with Gasteiger partial charge in [-0.15, -0.1) is 17.9 Å². The van der Waals surface area contributed by atoms with Gasteiger partial charge in [0.2, 0.25) is 0 Å². The minimum absolute atomic E-state index is 0.784. The number of aliphatic imine (C=N–C) groups is 1. The van der Waals surface area contributed by atoms with Crippen LogP contribution < -0.4 is 10.2 Å². The van der Waals surface area contributed by atoms with Crippen LogP contribution in [0.1, 0.15) is 51.1 Å². The quantitative estimate of drug-likeness (QED) is 0.275. The summed E-state index contributed by atoms with van der Waals surface area (Å²) in [5.74, 6) is 1.01. The van der Waals surface area contributed by atoms with Crippen molar-refractivity contribution in [1.29, 1.82) is 0 Å². The number of unbranched alkanes of at least 4 members (excludes halogenated alkanes) is 3. The van der Waals surface area contributed by atoms with E-state index in [1.54, 1.807) is 11.3 Å². The van der Waals surface area contributed by atoms with Gasteiger partial charge < -0.3 is 15.1 Å². The highest BCUT2D eigenvalue weighted by Crippen LogP contribution is 2.24. The molecule has 2 heterocycles. The van der Waals surface area contributed by atoms with Gasteiger partial charge >= 0.3 is 0 Å². The number of hydrogen-bond donors (Lipinski definition) is 1. The molecule has 0 bridgehead atoms. The molecule has 1 aromatic heterocycles. The third-order valence-corrected chi connectivity index (χ3v) is 5.59. The van der Waals surface area contributed by atoms with Crippen molar-refractivity contribution in [2.75, 3.05) is 44.7 Å². The molecular weight excluding hydrogens is 342 g/mol. The van der Waals surface area contributed by atoms with E-state index in [2.05, 4.69) is 41.0 Å². The second-order valence-corrected chi connectivity index (χ2v) is 7.70. The first kappa shape index (κ1) is 20.7. The van der Waals surface area contributed by atoms with Crippen molar-refractivity contribution in [1.82, 2.24) is 15.2 Å². The summed E-state index contributed by atoms with van der Waals surface area (Å²) in [6, 6.07) is 0. The fourth-order valence-corrected chi connectivity index (χ4v) is 4.04.